The molecule has 0 saturated carbocycles. The van der Waals surface area contributed by atoms with Crippen molar-refractivity contribution in [3.8, 4) is 6.07 Å². The Kier molecular flexibility index (Phi) is 3.54. The maximum atomic E-state index is 9.01. The van der Waals surface area contributed by atoms with Gasteiger partial charge >= 0.3 is 0 Å². The molecule has 18 heavy (non-hydrogen) atoms. The van der Waals surface area contributed by atoms with E-state index in [4.69, 9.17) is 5.26 Å². The molecule has 0 aliphatic carbocycles. The van der Waals surface area contributed by atoms with E-state index >= 15 is 0 Å². The van der Waals surface area contributed by atoms with Crippen molar-refractivity contribution >= 4 is 5.82 Å². The van der Waals surface area contributed by atoms with Gasteiger partial charge in [-0.25, -0.2) is 4.98 Å². The molecule has 1 N–H and O–H groups in total. The first-order valence-electron chi connectivity index (χ1n) is 5.73. The fourth-order valence-electron chi connectivity index (χ4n) is 1.65. The third-order valence-corrected chi connectivity index (χ3v) is 2.54. The summed E-state index contributed by atoms with van der Waals surface area (Å²) in [7, 11) is 0. The molecule has 0 aliphatic heterocycles. The van der Waals surface area contributed by atoms with Crippen molar-refractivity contribution in [2.75, 3.05) is 5.32 Å². The second-order valence-corrected chi connectivity index (χ2v) is 4.08. The molecule has 90 valence electrons. The number of nitriles is 1. The Hall–Kier alpha value is -2.41. The van der Waals surface area contributed by atoms with E-state index in [2.05, 4.69) is 21.4 Å². The van der Waals surface area contributed by atoms with E-state index in [1.54, 1.807) is 6.07 Å². The van der Waals surface area contributed by atoms with E-state index in [-0.39, 0.29) is 0 Å². The van der Waals surface area contributed by atoms with Gasteiger partial charge in [-0.2, -0.15) is 5.26 Å². The van der Waals surface area contributed by atoms with Crippen LogP contribution < -0.4 is 5.32 Å². The second-order valence-electron chi connectivity index (χ2n) is 4.08. The largest absolute Gasteiger partial charge is 0.363 e. The monoisotopic (exact) mass is 238 g/mol. The molecule has 2 aromatic heterocycles. The van der Waals surface area contributed by atoms with Crippen molar-refractivity contribution in [2.45, 2.75) is 20.4 Å². The number of nitrogens with one attached hydrogen (secondary N) is 1. The van der Waals surface area contributed by atoms with Crippen LogP contribution in [0.3, 0.4) is 0 Å². The normalized spacial score (nSPS) is 9.83. The zero-order valence-corrected chi connectivity index (χ0v) is 10.4. The lowest BCUT2D eigenvalue weighted by atomic mass is 10.2. The van der Waals surface area contributed by atoms with Crippen molar-refractivity contribution in [2.24, 2.45) is 0 Å². The predicted molar refractivity (Wildman–Crippen MR) is 70.0 cm³/mol. The molecule has 0 radical (unpaired) electrons. The Morgan fingerprint density at radius 3 is 2.61 bits per heavy atom. The highest BCUT2D eigenvalue weighted by atomic mass is 15.0. The zero-order valence-electron chi connectivity index (χ0n) is 10.4. The van der Waals surface area contributed by atoms with Gasteiger partial charge in [0.05, 0.1) is 17.8 Å². The minimum absolute atomic E-state index is 0.549. The lowest BCUT2D eigenvalue weighted by Crippen LogP contribution is -2.06. The smallest absolute Gasteiger partial charge is 0.144 e. The standard InChI is InChI=1S/C14H14N4/c1-10-4-3-5-13(17-10)9-16-14-12(8-15)7-6-11(2)18-14/h3-7H,9H2,1-2H3,(H,16,18). The number of aromatic nitrogens is 2. The minimum atomic E-state index is 0.549. The summed E-state index contributed by atoms with van der Waals surface area (Å²) in [5.41, 5.74) is 3.34. The molecule has 0 aliphatic rings. The van der Waals surface area contributed by atoms with Crippen molar-refractivity contribution < 1.29 is 0 Å². The number of pyridine rings is 2. The maximum absolute atomic E-state index is 9.01. The summed E-state index contributed by atoms with van der Waals surface area (Å²) in [4.78, 5) is 8.71. The van der Waals surface area contributed by atoms with Crippen LogP contribution >= 0.6 is 0 Å². The molecule has 2 aromatic rings. The number of anilines is 1. The summed E-state index contributed by atoms with van der Waals surface area (Å²) in [5.74, 6) is 0.612. The summed E-state index contributed by atoms with van der Waals surface area (Å²) in [5, 5.41) is 12.2. The molecule has 0 aromatic carbocycles. The third kappa shape index (κ3) is 2.83. The van der Waals surface area contributed by atoms with Gasteiger partial charge in [0, 0.05) is 11.4 Å². The van der Waals surface area contributed by atoms with Gasteiger partial charge in [0.2, 0.25) is 0 Å². The van der Waals surface area contributed by atoms with Crippen LogP contribution in [-0.2, 0) is 6.54 Å². The van der Waals surface area contributed by atoms with Gasteiger partial charge in [-0.3, -0.25) is 4.98 Å². The molecule has 0 amide bonds. The Morgan fingerprint density at radius 2 is 1.89 bits per heavy atom. The zero-order chi connectivity index (χ0) is 13.0. The Morgan fingerprint density at radius 1 is 1.11 bits per heavy atom. The number of aryl methyl sites for hydroxylation is 2. The van der Waals surface area contributed by atoms with Crippen LogP contribution in [0, 0.1) is 25.2 Å². The van der Waals surface area contributed by atoms with E-state index in [0.29, 0.717) is 17.9 Å². The van der Waals surface area contributed by atoms with Gasteiger partial charge in [0.1, 0.15) is 11.9 Å². The van der Waals surface area contributed by atoms with Crippen LogP contribution in [0.2, 0.25) is 0 Å². The summed E-state index contributed by atoms with van der Waals surface area (Å²) in [6.45, 7) is 4.42. The molecular formula is C14H14N4. The molecule has 2 heterocycles. The molecule has 4 nitrogen and oxygen atoms in total. The number of rotatable bonds is 3. The van der Waals surface area contributed by atoms with E-state index in [1.807, 2.05) is 38.1 Å². The minimum Gasteiger partial charge on any atom is -0.363 e. The first kappa shape index (κ1) is 12.1. The summed E-state index contributed by atoms with van der Waals surface area (Å²) >= 11 is 0. The topological polar surface area (TPSA) is 61.6 Å². The van der Waals surface area contributed by atoms with Gasteiger partial charge in [-0.15, -0.1) is 0 Å². The SMILES string of the molecule is Cc1cccc(CNc2nc(C)ccc2C#N)n1. The Balaban J connectivity index is 2.15. The lowest BCUT2D eigenvalue weighted by molar-refractivity contribution is 0.997. The first-order chi connectivity index (χ1) is 8.69. The molecule has 2 rings (SSSR count). The molecule has 0 fully saturated rings. The van der Waals surface area contributed by atoms with Gasteiger partial charge in [-0.05, 0) is 38.1 Å². The highest BCUT2D eigenvalue weighted by molar-refractivity contribution is 5.52. The average Bonchev–Trinajstić information content (AvgIpc) is 2.37. The Labute approximate surface area is 106 Å². The van der Waals surface area contributed by atoms with Gasteiger partial charge in [-0.1, -0.05) is 6.07 Å². The molecular weight excluding hydrogens is 224 g/mol. The number of nitrogens with zero attached hydrogens (tertiary/aromatic N) is 3. The summed E-state index contributed by atoms with van der Waals surface area (Å²) in [6.07, 6.45) is 0. The predicted octanol–water partition coefficient (Wildman–Crippen LogP) is 2.58. The summed E-state index contributed by atoms with van der Waals surface area (Å²) in [6, 6.07) is 11.6. The van der Waals surface area contributed by atoms with Gasteiger partial charge in [0.25, 0.3) is 0 Å². The van der Waals surface area contributed by atoms with Crippen LogP contribution in [0.15, 0.2) is 30.3 Å². The molecule has 0 atom stereocenters. The highest BCUT2D eigenvalue weighted by Crippen LogP contribution is 2.13. The van der Waals surface area contributed by atoms with E-state index < -0.39 is 0 Å². The highest BCUT2D eigenvalue weighted by Gasteiger charge is 2.04. The summed E-state index contributed by atoms with van der Waals surface area (Å²) < 4.78 is 0. The Bertz CT molecular complexity index is 599. The molecule has 4 heteroatoms. The van der Waals surface area contributed by atoms with Crippen LogP contribution in [-0.4, -0.2) is 9.97 Å². The molecule has 0 bridgehead atoms. The van der Waals surface area contributed by atoms with Crippen LogP contribution in [0.1, 0.15) is 22.6 Å². The molecule has 0 spiro atoms. The number of hydrogen-bond acceptors (Lipinski definition) is 4. The van der Waals surface area contributed by atoms with Crippen molar-refractivity contribution in [3.63, 3.8) is 0 Å². The first-order valence-corrected chi connectivity index (χ1v) is 5.73. The lowest BCUT2D eigenvalue weighted by Gasteiger charge is -2.08. The fourth-order valence-corrected chi connectivity index (χ4v) is 1.65. The average molecular weight is 238 g/mol. The molecule has 0 saturated heterocycles. The van der Waals surface area contributed by atoms with E-state index in [0.717, 1.165) is 17.1 Å². The third-order valence-electron chi connectivity index (χ3n) is 2.54. The van der Waals surface area contributed by atoms with Crippen molar-refractivity contribution in [3.05, 3.63) is 53.0 Å². The fraction of sp³-hybridized carbons (Fsp3) is 0.214. The van der Waals surface area contributed by atoms with Gasteiger partial charge in [0.15, 0.2) is 0 Å². The van der Waals surface area contributed by atoms with Crippen molar-refractivity contribution in [1.82, 2.24) is 9.97 Å². The van der Waals surface area contributed by atoms with Crippen LogP contribution in [0.5, 0.6) is 0 Å². The second kappa shape index (κ2) is 5.28. The van der Waals surface area contributed by atoms with Crippen molar-refractivity contribution in [1.29, 1.82) is 5.26 Å². The molecule has 0 unspecified atom stereocenters. The van der Waals surface area contributed by atoms with Crippen LogP contribution in [0.25, 0.3) is 0 Å². The van der Waals surface area contributed by atoms with Gasteiger partial charge < -0.3 is 5.32 Å². The van der Waals surface area contributed by atoms with E-state index in [1.165, 1.54) is 0 Å². The van der Waals surface area contributed by atoms with Crippen LogP contribution in [0.4, 0.5) is 5.82 Å². The number of hydrogen-bond donors (Lipinski definition) is 1. The maximum Gasteiger partial charge on any atom is 0.144 e. The van der Waals surface area contributed by atoms with E-state index in [9.17, 15) is 0 Å². The quantitative estimate of drug-likeness (QED) is 0.892.